The summed E-state index contributed by atoms with van der Waals surface area (Å²) in [6, 6.07) is 20.5. The number of piperidine rings is 1. The predicted molar refractivity (Wildman–Crippen MR) is 103 cm³/mol. The van der Waals surface area contributed by atoms with E-state index in [2.05, 4.69) is 92.4 Å². The molecule has 2 heteroatoms. The SMILES string of the molecule is CC1CC[C@@](SC(C)C)(c2ccc(-c3ccccc3)cc2)CN1. The van der Waals surface area contributed by atoms with Crippen molar-refractivity contribution in [2.75, 3.05) is 6.54 Å². The van der Waals surface area contributed by atoms with Gasteiger partial charge in [0.1, 0.15) is 0 Å². The number of nitrogens with one attached hydrogen (secondary N) is 1. The first kappa shape index (κ1) is 16.6. The summed E-state index contributed by atoms with van der Waals surface area (Å²) in [4.78, 5) is 0. The van der Waals surface area contributed by atoms with E-state index >= 15 is 0 Å². The standard InChI is InChI=1S/C21H27NS/c1-16(2)23-21(14-13-17(3)22-15-21)20-11-9-19(10-12-20)18-7-5-4-6-8-18/h4-12,16-17,22H,13-15H2,1-3H3/t17?,21-/m0/s1. The highest BCUT2D eigenvalue weighted by Gasteiger charge is 2.37. The molecule has 0 spiro atoms. The van der Waals surface area contributed by atoms with Crippen molar-refractivity contribution < 1.29 is 0 Å². The number of rotatable bonds is 4. The molecule has 0 bridgehead atoms. The van der Waals surface area contributed by atoms with Crippen LogP contribution in [-0.4, -0.2) is 17.8 Å². The minimum Gasteiger partial charge on any atom is -0.313 e. The Bertz CT molecular complexity index is 610. The minimum atomic E-state index is 0.218. The fourth-order valence-electron chi connectivity index (χ4n) is 3.44. The van der Waals surface area contributed by atoms with Crippen LogP contribution < -0.4 is 5.32 Å². The monoisotopic (exact) mass is 325 g/mol. The van der Waals surface area contributed by atoms with E-state index in [0.29, 0.717) is 11.3 Å². The van der Waals surface area contributed by atoms with Gasteiger partial charge in [-0.1, -0.05) is 68.4 Å². The molecule has 2 atom stereocenters. The highest BCUT2D eigenvalue weighted by Crippen LogP contribution is 2.45. The Hall–Kier alpha value is -1.25. The quantitative estimate of drug-likeness (QED) is 0.801. The Morgan fingerprint density at radius 1 is 1.00 bits per heavy atom. The van der Waals surface area contributed by atoms with Crippen LogP contribution in [0.15, 0.2) is 54.6 Å². The highest BCUT2D eigenvalue weighted by molar-refractivity contribution is 8.00. The third-order valence-electron chi connectivity index (χ3n) is 4.70. The second kappa shape index (κ2) is 7.11. The molecule has 1 fully saturated rings. The molecule has 0 aromatic heterocycles. The predicted octanol–water partition coefficient (Wildman–Crippen LogP) is 5.46. The van der Waals surface area contributed by atoms with Gasteiger partial charge < -0.3 is 5.32 Å². The topological polar surface area (TPSA) is 12.0 Å². The number of benzene rings is 2. The second-order valence-electron chi connectivity index (χ2n) is 6.92. The van der Waals surface area contributed by atoms with Crippen molar-refractivity contribution in [1.29, 1.82) is 0 Å². The van der Waals surface area contributed by atoms with Crippen LogP contribution in [0, 0.1) is 0 Å². The molecule has 1 N–H and O–H groups in total. The summed E-state index contributed by atoms with van der Waals surface area (Å²) in [5, 5.41) is 4.34. The molecule has 0 saturated carbocycles. The Morgan fingerprint density at radius 2 is 1.65 bits per heavy atom. The van der Waals surface area contributed by atoms with Gasteiger partial charge in [-0.2, -0.15) is 0 Å². The van der Waals surface area contributed by atoms with Crippen molar-refractivity contribution in [2.45, 2.75) is 49.7 Å². The molecule has 0 aliphatic carbocycles. The summed E-state index contributed by atoms with van der Waals surface area (Å²) < 4.78 is 0.218. The lowest BCUT2D eigenvalue weighted by Crippen LogP contribution is -2.46. The fourth-order valence-corrected chi connectivity index (χ4v) is 5.02. The first-order valence-corrected chi connectivity index (χ1v) is 9.54. The molecular formula is C21H27NS. The van der Waals surface area contributed by atoms with Crippen LogP contribution >= 0.6 is 11.8 Å². The van der Waals surface area contributed by atoms with Gasteiger partial charge in [-0.3, -0.25) is 0 Å². The zero-order chi connectivity index (χ0) is 16.3. The fraction of sp³-hybridized carbons (Fsp3) is 0.429. The zero-order valence-electron chi connectivity index (χ0n) is 14.4. The lowest BCUT2D eigenvalue weighted by Gasteiger charge is -2.41. The van der Waals surface area contributed by atoms with Gasteiger partial charge in [0.2, 0.25) is 0 Å². The van der Waals surface area contributed by atoms with Crippen molar-refractivity contribution in [3.05, 3.63) is 60.2 Å². The molecule has 1 aliphatic heterocycles. The molecule has 2 aromatic carbocycles. The van der Waals surface area contributed by atoms with Crippen LogP contribution in [0.3, 0.4) is 0 Å². The second-order valence-corrected chi connectivity index (χ2v) is 8.88. The van der Waals surface area contributed by atoms with Gasteiger partial charge in [0, 0.05) is 12.6 Å². The van der Waals surface area contributed by atoms with Crippen molar-refractivity contribution in [2.24, 2.45) is 0 Å². The number of hydrogen-bond acceptors (Lipinski definition) is 2. The van der Waals surface area contributed by atoms with E-state index in [9.17, 15) is 0 Å². The molecule has 0 amide bonds. The van der Waals surface area contributed by atoms with Gasteiger partial charge in [0.15, 0.2) is 0 Å². The van der Waals surface area contributed by atoms with Gasteiger partial charge >= 0.3 is 0 Å². The van der Waals surface area contributed by atoms with Crippen molar-refractivity contribution in [3.8, 4) is 11.1 Å². The molecule has 0 radical (unpaired) electrons. The van der Waals surface area contributed by atoms with E-state index in [0.717, 1.165) is 6.54 Å². The van der Waals surface area contributed by atoms with Gasteiger partial charge in [-0.15, -0.1) is 11.8 Å². The van der Waals surface area contributed by atoms with Crippen molar-refractivity contribution in [1.82, 2.24) is 5.32 Å². The Labute approximate surface area is 144 Å². The molecule has 1 heterocycles. The molecule has 2 aromatic rings. The van der Waals surface area contributed by atoms with E-state index in [1.54, 1.807) is 0 Å². The smallest absolute Gasteiger partial charge is 0.0535 e. The first-order chi connectivity index (χ1) is 11.1. The number of hydrogen-bond donors (Lipinski definition) is 1. The Kier molecular flexibility index (Phi) is 5.13. The molecule has 3 rings (SSSR count). The van der Waals surface area contributed by atoms with Crippen LogP contribution in [0.25, 0.3) is 11.1 Å². The largest absolute Gasteiger partial charge is 0.313 e. The summed E-state index contributed by atoms with van der Waals surface area (Å²) >= 11 is 2.12. The highest BCUT2D eigenvalue weighted by atomic mass is 32.2. The number of thioether (sulfide) groups is 1. The first-order valence-electron chi connectivity index (χ1n) is 8.66. The van der Waals surface area contributed by atoms with Crippen LogP contribution in [0.5, 0.6) is 0 Å². The third kappa shape index (κ3) is 3.81. The van der Waals surface area contributed by atoms with E-state index < -0.39 is 0 Å². The van der Waals surface area contributed by atoms with Gasteiger partial charge in [0.05, 0.1) is 4.75 Å². The maximum Gasteiger partial charge on any atom is 0.0535 e. The zero-order valence-corrected chi connectivity index (χ0v) is 15.2. The maximum atomic E-state index is 3.70. The minimum absolute atomic E-state index is 0.218. The molecule has 1 saturated heterocycles. The van der Waals surface area contributed by atoms with E-state index in [1.807, 2.05) is 0 Å². The summed E-state index contributed by atoms with van der Waals surface area (Å²) in [7, 11) is 0. The van der Waals surface area contributed by atoms with Crippen molar-refractivity contribution in [3.63, 3.8) is 0 Å². The molecule has 1 aliphatic rings. The van der Waals surface area contributed by atoms with Gasteiger partial charge in [-0.05, 0) is 41.7 Å². The molecule has 1 nitrogen and oxygen atoms in total. The average Bonchev–Trinajstić information content (AvgIpc) is 2.58. The Balaban J connectivity index is 1.88. The lowest BCUT2D eigenvalue weighted by molar-refractivity contribution is 0.358. The van der Waals surface area contributed by atoms with Crippen LogP contribution in [0.4, 0.5) is 0 Å². The molecular weight excluding hydrogens is 298 g/mol. The molecule has 122 valence electrons. The summed E-state index contributed by atoms with van der Waals surface area (Å²) in [5.41, 5.74) is 4.06. The van der Waals surface area contributed by atoms with Crippen LogP contribution in [-0.2, 0) is 4.75 Å². The van der Waals surface area contributed by atoms with E-state index in [1.165, 1.54) is 29.5 Å². The van der Waals surface area contributed by atoms with Gasteiger partial charge in [0.25, 0.3) is 0 Å². The van der Waals surface area contributed by atoms with Crippen LogP contribution in [0.2, 0.25) is 0 Å². The normalized spacial score (nSPS) is 24.8. The molecule has 1 unspecified atom stereocenters. The van der Waals surface area contributed by atoms with Gasteiger partial charge in [-0.25, -0.2) is 0 Å². The maximum absolute atomic E-state index is 3.70. The summed E-state index contributed by atoms with van der Waals surface area (Å²) in [5.74, 6) is 0. The summed E-state index contributed by atoms with van der Waals surface area (Å²) in [6.45, 7) is 7.98. The Morgan fingerprint density at radius 3 is 2.22 bits per heavy atom. The van der Waals surface area contributed by atoms with E-state index in [-0.39, 0.29) is 4.75 Å². The summed E-state index contributed by atoms with van der Waals surface area (Å²) in [6.07, 6.45) is 2.51. The average molecular weight is 326 g/mol. The molecule has 23 heavy (non-hydrogen) atoms. The van der Waals surface area contributed by atoms with E-state index in [4.69, 9.17) is 0 Å². The van der Waals surface area contributed by atoms with Crippen molar-refractivity contribution >= 4 is 11.8 Å². The lowest BCUT2D eigenvalue weighted by atomic mass is 9.87. The third-order valence-corrected chi connectivity index (χ3v) is 6.20. The van der Waals surface area contributed by atoms with Crippen LogP contribution in [0.1, 0.15) is 39.2 Å².